The fraction of sp³-hybridized carbons (Fsp3) is 0.750. The van der Waals surface area contributed by atoms with Crippen LogP contribution in [0.2, 0.25) is 0 Å². The maximum absolute atomic E-state index is 14.8. The van der Waals surface area contributed by atoms with Crippen LogP contribution in [-0.2, 0) is 9.47 Å². The molecule has 0 N–H and O–H groups in total. The van der Waals surface area contributed by atoms with E-state index in [1.54, 1.807) is 0 Å². The first kappa shape index (κ1) is 25.5. The number of benzene rings is 1. The Morgan fingerprint density at radius 2 is 1.38 bits per heavy atom. The van der Waals surface area contributed by atoms with Gasteiger partial charge in [-0.05, 0) is 37.5 Å². The second-order valence-electron chi connectivity index (χ2n) is 9.97. The van der Waals surface area contributed by atoms with Crippen molar-refractivity contribution in [2.75, 3.05) is 13.2 Å². The average molecular weight is 500 g/mol. The van der Waals surface area contributed by atoms with Gasteiger partial charge in [0.25, 0.3) is 0 Å². The Balaban J connectivity index is 0.00000342. The molecule has 1 saturated heterocycles. The first-order valence-electron chi connectivity index (χ1n) is 11.8. The Hall–Kier alpha value is -1.55. The Morgan fingerprint density at radius 3 is 1.91 bits per heavy atom. The molecule has 0 amide bonds. The van der Waals surface area contributed by atoms with Crippen LogP contribution in [0.3, 0.4) is 0 Å². The quantitative estimate of drug-likeness (QED) is 0.327. The molecule has 1 heterocycles. The van der Waals surface area contributed by atoms with Crippen molar-refractivity contribution in [3.63, 3.8) is 0 Å². The molecular formula is C24H31F7O3. The standard InChI is InChI=1S/C24H29F7O3.H2/c1-12-2-4-13(5-3-12)15-10-32-23(33-11-15)14-6-17(25)21(18(26)7-14)24(30,31)34-16-8-19(27)22(29)20(28)9-16;/h8-9,12-15,17-18,21,23H,2-7,10-11H2,1H3;1H. The lowest BCUT2D eigenvalue weighted by atomic mass is 9.76. The monoisotopic (exact) mass is 500 g/mol. The smallest absolute Gasteiger partial charge is 0.406 e. The van der Waals surface area contributed by atoms with Gasteiger partial charge in [0.05, 0.1) is 13.2 Å². The van der Waals surface area contributed by atoms with Crippen molar-refractivity contribution in [2.45, 2.75) is 70.2 Å². The third-order valence-corrected chi connectivity index (χ3v) is 7.50. The molecule has 0 spiro atoms. The summed E-state index contributed by atoms with van der Waals surface area (Å²) in [4.78, 5) is 0. The Kier molecular flexibility index (Phi) is 7.67. The average Bonchev–Trinajstić information content (AvgIpc) is 2.77. The van der Waals surface area contributed by atoms with Crippen molar-refractivity contribution >= 4 is 0 Å². The van der Waals surface area contributed by atoms with Crippen molar-refractivity contribution in [3.8, 4) is 5.75 Å². The van der Waals surface area contributed by atoms with Crippen LogP contribution in [0, 0.1) is 47.0 Å². The van der Waals surface area contributed by atoms with E-state index in [0.29, 0.717) is 25.0 Å². The third-order valence-electron chi connectivity index (χ3n) is 7.50. The number of ether oxygens (including phenoxy) is 3. The van der Waals surface area contributed by atoms with Gasteiger partial charge in [0.15, 0.2) is 23.7 Å². The summed E-state index contributed by atoms with van der Waals surface area (Å²) in [5.74, 6) is -8.31. The minimum absolute atomic E-state index is 0. The van der Waals surface area contributed by atoms with Crippen molar-refractivity contribution in [1.82, 2.24) is 0 Å². The van der Waals surface area contributed by atoms with Crippen LogP contribution in [0.4, 0.5) is 30.7 Å². The zero-order valence-electron chi connectivity index (χ0n) is 18.8. The maximum Gasteiger partial charge on any atom is 0.406 e. The van der Waals surface area contributed by atoms with Gasteiger partial charge in [-0.2, -0.15) is 8.78 Å². The van der Waals surface area contributed by atoms with E-state index in [-0.39, 0.29) is 19.5 Å². The van der Waals surface area contributed by atoms with Gasteiger partial charge >= 0.3 is 6.11 Å². The molecule has 1 aromatic rings. The van der Waals surface area contributed by atoms with E-state index in [0.717, 1.165) is 25.7 Å². The molecule has 10 heteroatoms. The predicted molar refractivity (Wildman–Crippen MR) is 110 cm³/mol. The number of hydrogen-bond donors (Lipinski definition) is 0. The number of halogens is 7. The molecule has 3 aliphatic rings. The SMILES string of the molecule is CC1CCC(C2COC(C3CC(F)C(C(F)(F)Oc4cc(F)c(F)c(F)c4)C(F)C3)OC2)CC1.[HH]. The third kappa shape index (κ3) is 5.48. The fourth-order valence-corrected chi connectivity index (χ4v) is 5.49. The summed E-state index contributed by atoms with van der Waals surface area (Å²) in [5, 5.41) is 0. The molecule has 34 heavy (non-hydrogen) atoms. The zero-order chi connectivity index (χ0) is 24.6. The van der Waals surface area contributed by atoms with E-state index in [2.05, 4.69) is 11.7 Å². The van der Waals surface area contributed by atoms with Crippen LogP contribution in [0.1, 0.15) is 46.9 Å². The van der Waals surface area contributed by atoms with Crippen molar-refractivity contribution < 1.29 is 46.4 Å². The van der Waals surface area contributed by atoms with E-state index in [4.69, 9.17) is 9.47 Å². The Bertz CT molecular complexity index is 809. The predicted octanol–water partition coefficient (Wildman–Crippen LogP) is 6.84. The Labute approximate surface area is 195 Å². The minimum atomic E-state index is -4.42. The van der Waals surface area contributed by atoms with Gasteiger partial charge in [0, 0.05) is 25.4 Å². The number of rotatable bonds is 5. The van der Waals surface area contributed by atoms with Crippen LogP contribution >= 0.6 is 0 Å². The molecule has 2 aliphatic carbocycles. The van der Waals surface area contributed by atoms with Gasteiger partial charge in [-0.25, -0.2) is 22.0 Å². The van der Waals surface area contributed by atoms with E-state index >= 15 is 0 Å². The summed E-state index contributed by atoms with van der Waals surface area (Å²) < 4.78 is 114. The topological polar surface area (TPSA) is 27.7 Å². The van der Waals surface area contributed by atoms with Crippen LogP contribution in [0.5, 0.6) is 5.75 Å². The number of alkyl halides is 4. The molecule has 2 unspecified atom stereocenters. The lowest BCUT2D eigenvalue weighted by molar-refractivity contribution is -0.273. The fourth-order valence-electron chi connectivity index (χ4n) is 5.49. The largest absolute Gasteiger partial charge is 0.432 e. The highest BCUT2D eigenvalue weighted by Gasteiger charge is 2.56. The molecule has 2 atom stereocenters. The second kappa shape index (κ2) is 10.2. The maximum atomic E-state index is 14.8. The van der Waals surface area contributed by atoms with Crippen molar-refractivity contribution in [3.05, 3.63) is 29.6 Å². The second-order valence-corrected chi connectivity index (χ2v) is 9.97. The summed E-state index contributed by atoms with van der Waals surface area (Å²) in [6.07, 6.45) is -6.34. The van der Waals surface area contributed by atoms with Gasteiger partial charge in [0.1, 0.15) is 24.0 Å². The molecule has 3 nitrogen and oxygen atoms in total. The van der Waals surface area contributed by atoms with Gasteiger partial charge in [-0.1, -0.05) is 19.8 Å². The molecule has 1 aliphatic heterocycles. The summed E-state index contributed by atoms with van der Waals surface area (Å²) in [5.41, 5.74) is 0. The van der Waals surface area contributed by atoms with Gasteiger partial charge in [-0.3, -0.25) is 0 Å². The molecule has 0 aromatic heterocycles. The highest BCUT2D eigenvalue weighted by molar-refractivity contribution is 5.25. The van der Waals surface area contributed by atoms with E-state index in [1.807, 2.05) is 0 Å². The van der Waals surface area contributed by atoms with Crippen LogP contribution in [0.15, 0.2) is 12.1 Å². The molecular weight excluding hydrogens is 469 g/mol. The first-order valence-corrected chi connectivity index (χ1v) is 11.8. The Morgan fingerprint density at radius 1 is 0.853 bits per heavy atom. The van der Waals surface area contributed by atoms with Gasteiger partial charge in [-0.15, -0.1) is 0 Å². The molecule has 194 valence electrons. The molecule has 2 saturated carbocycles. The summed E-state index contributed by atoms with van der Waals surface area (Å²) in [6, 6.07) is 0.400. The summed E-state index contributed by atoms with van der Waals surface area (Å²) in [7, 11) is 0. The van der Waals surface area contributed by atoms with Crippen molar-refractivity contribution in [2.24, 2.45) is 29.6 Å². The summed E-state index contributed by atoms with van der Waals surface area (Å²) in [6.45, 7) is 3.03. The molecule has 1 aromatic carbocycles. The molecule has 4 rings (SSSR count). The lowest BCUT2D eigenvalue weighted by Gasteiger charge is -2.43. The highest BCUT2D eigenvalue weighted by atomic mass is 19.3. The normalized spacial score (nSPS) is 37.4. The van der Waals surface area contributed by atoms with Crippen LogP contribution < -0.4 is 4.74 Å². The first-order chi connectivity index (χ1) is 16.0. The van der Waals surface area contributed by atoms with E-state index < -0.39 is 72.6 Å². The van der Waals surface area contributed by atoms with Gasteiger partial charge < -0.3 is 14.2 Å². The minimum Gasteiger partial charge on any atom is -0.432 e. The van der Waals surface area contributed by atoms with Crippen LogP contribution in [0.25, 0.3) is 0 Å². The summed E-state index contributed by atoms with van der Waals surface area (Å²) >= 11 is 0. The van der Waals surface area contributed by atoms with Crippen LogP contribution in [-0.4, -0.2) is 38.0 Å². The van der Waals surface area contributed by atoms with Gasteiger partial charge in [0.2, 0.25) is 0 Å². The molecule has 3 fully saturated rings. The van der Waals surface area contributed by atoms with E-state index in [9.17, 15) is 30.7 Å². The zero-order valence-corrected chi connectivity index (χ0v) is 18.8. The lowest BCUT2D eigenvalue weighted by Crippen LogP contribution is -2.52. The molecule has 0 radical (unpaired) electrons. The number of hydrogen-bond acceptors (Lipinski definition) is 3. The molecule has 0 bridgehead atoms. The van der Waals surface area contributed by atoms with E-state index in [1.165, 1.54) is 0 Å². The highest BCUT2D eigenvalue weighted by Crippen LogP contribution is 2.45. The van der Waals surface area contributed by atoms with Crippen molar-refractivity contribution in [1.29, 1.82) is 0 Å².